The molecule has 2 aliphatic rings. The van der Waals surface area contributed by atoms with Gasteiger partial charge < -0.3 is 5.32 Å². The Hall–Kier alpha value is -1.55. The summed E-state index contributed by atoms with van der Waals surface area (Å²) >= 11 is 0. The molecular formula is C18H27FN4O3S. The molecule has 150 valence electrons. The number of piperidine rings is 1. The zero-order valence-corrected chi connectivity index (χ0v) is 16.4. The average molecular weight is 399 g/mol. The topological polar surface area (TPSA) is 90.5 Å². The first-order chi connectivity index (χ1) is 12.8. The van der Waals surface area contributed by atoms with Crippen LogP contribution in [-0.4, -0.2) is 49.1 Å². The van der Waals surface area contributed by atoms with Crippen molar-refractivity contribution in [1.82, 2.24) is 20.5 Å². The van der Waals surface area contributed by atoms with E-state index in [9.17, 15) is 17.6 Å². The number of hydrazine groups is 1. The summed E-state index contributed by atoms with van der Waals surface area (Å²) in [6.07, 6.45) is 1.26. The second-order valence-corrected chi connectivity index (χ2v) is 9.47. The van der Waals surface area contributed by atoms with E-state index < -0.39 is 21.2 Å². The molecule has 0 saturated carbocycles. The van der Waals surface area contributed by atoms with E-state index in [1.807, 2.05) is 13.8 Å². The van der Waals surface area contributed by atoms with Gasteiger partial charge in [0.25, 0.3) is 0 Å². The number of halogens is 1. The van der Waals surface area contributed by atoms with E-state index in [1.54, 1.807) is 18.2 Å². The summed E-state index contributed by atoms with van der Waals surface area (Å²) < 4.78 is 41.3. The molecule has 7 nitrogen and oxygen atoms in total. The molecule has 0 spiro atoms. The molecule has 9 heteroatoms. The van der Waals surface area contributed by atoms with E-state index in [1.165, 1.54) is 10.4 Å². The van der Waals surface area contributed by atoms with Crippen LogP contribution in [0.3, 0.4) is 0 Å². The van der Waals surface area contributed by atoms with Gasteiger partial charge in [0.15, 0.2) is 0 Å². The number of carbonyl (C=O) groups excluding carboxylic acids is 1. The average Bonchev–Trinajstić information content (AvgIpc) is 3.00. The Morgan fingerprint density at radius 2 is 1.93 bits per heavy atom. The molecule has 1 aromatic rings. The van der Waals surface area contributed by atoms with Crippen LogP contribution in [0.2, 0.25) is 0 Å². The number of nitrogens with one attached hydrogen (secondary N) is 3. The van der Waals surface area contributed by atoms with Gasteiger partial charge in [-0.15, -0.1) is 0 Å². The molecule has 3 unspecified atom stereocenters. The van der Waals surface area contributed by atoms with Crippen molar-refractivity contribution in [2.45, 2.75) is 50.6 Å². The predicted molar refractivity (Wildman–Crippen MR) is 100 cm³/mol. The van der Waals surface area contributed by atoms with E-state index in [4.69, 9.17) is 0 Å². The molecule has 3 N–H and O–H groups in total. The van der Waals surface area contributed by atoms with Crippen molar-refractivity contribution in [2.75, 3.05) is 13.1 Å². The minimum atomic E-state index is -3.53. The third kappa shape index (κ3) is 4.31. The van der Waals surface area contributed by atoms with Gasteiger partial charge in [-0.25, -0.2) is 17.1 Å². The summed E-state index contributed by atoms with van der Waals surface area (Å²) in [7, 11) is -3.53. The van der Waals surface area contributed by atoms with Crippen LogP contribution < -0.4 is 16.2 Å². The van der Waals surface area contributed by atoms with Crippen LogP contribution >= 0.6 is 0 Å². The summed E-state index contributed by atoms with van der Waals surface area (Å²) in [6.45, 7) is 4.36. The summed E-state index contributed by atoms with van der Waals surface area (Å²) in [5.74, 6) is -1.02. The monoisotopic (exact) mass is 398 g/mol. The van der Waals surface area contributed by atoms with E-state index in [2.05, 4.69) is 16.2 Å². The second-order valence-electron chi connectivity index (χ2n) is 7.38. The first-order valence-electron chi connectivity index (χ1n) is 9.32. The highest BCUT2D eigenvalue weighted by Gasteiger charge is 2.45. The maximum absolute atomic E-state index is 13.7. The van der Waals surface area contributed by atoms with E-state index in [0.717, 1.165) is 0 Å². The van der Waals surface area contributed by atoms with Crippen molar-refractivity contribution >= 4 is 15.9 Å². The number of sulfonamides is 1. The number of carbonyl (C=O) groups is 1. The molecule has 0 aliphatic carbocycles. The summed E-state index contributed by atoms with van der Waals surface area (Å²) in [6, 6.07) is 5.86. The fraction of sp³-hybridized carbons (Fsp3) is 0.611. The van der Waals surface area contributed by atoms with Gasteiger partial charge in [-0.3, -0.25) is 15.6 Å². The Morgan fingerprint density at radius 1 is 1.26 bits per heavy atom. The van der Waals surface area contributed by atoms with Crippen molar-refractivity contribution in [3.05, 3.63) is 35.6 Å². The minimum absolute atomic E-state index is 0.0965. The lowest BCUT2D eigenvalue weighted by Gasteiger charge is -2.34. The Labute approximate surface area is 159 Å². The standard InChI is InChI=1S/C18H27FN4O3S/c1-12-17(13(2)22-21-12)27(25,26)23-9-5-7-15(11-23)18(24)20-10-14-6-3-4-8-16(14)19/h3-4,6,8,12-13,15,17,21-22H,5,7,9-11H2,1-2H3,(H,20,24). The molecule has 2 fully saturated rings. The summed E-state index contributed by atoms with van der Waals surface area (Å²) in [4.78, 5) is 12.5. The second kappa shape index (κ2) is 8.22. The highest BCUT2D eigenvalue weighted by atomic mass is 32.2. The van der Waals surface area contributed by atoms with Crippen LogP contribution in [0.1, 0.15) is 32.3 Å². The number of hydrogen-bond acceptors (Lipinski definition) is 5. The molecule has 0 bridgehead atoms. The number of rotatable bonds is 5. The quantitative estimate of drug-likeness (QED) is 0.681. The van der Waals surface area contributed by atoms with Gasteiger partial charge in [0, 0.05) is 37.3 Å². The third-order valence-electron chi connectivity index (χ3n) is 5.39. The van der Waals surface area contributed by atoms with Gasteiger partial charge in [-0.2, -0.15) is 0 Å². The van der Waals surface area contributed by atoms with Crippen molar-refractivity contribution in [2.24, 2.45) is 5.92 Å². The molecular weight excluding hydrogens is 371 g/mol. The molecule has 0 radical (unpaired) electrons. The lowest BCUT2D eigenvalue weighted by atomic mass is 9.98. The van der Waals surface area contributed by atoms with Crippen molar-refractivity contribution < 1.29 is 17.6 Å². The number of hydrogen-bond donors (Lipinski definition) is 3. The van der Waals surface area contributed by atoms with Crippen LogP contribution in [0.5, 0.6) is 0 Å². The normalized spacial score (nSPS) is 29.6. The van der Waals surface area contributed by atoms with Gasteiger partial charge in [0.2, 0.25) is 15.9 Å². The Kier molecular flexibility index (Phi) is 6.15. The SMILES string of the molecule is CC1NNC(C)C1S(=O)(=O)N1CCCC(C(=O)NCc2ccccc2F)C1. The molecule has 27 heavy (non-hydrogen) atoms. The van der Waals surface area contributed by atoms with Crippen molar-refractivity contribution in [3.63, 3.8) is 0 Å². The largest absolute Gasteiger partial charge is 0.352 e. The van der Waals surface area contributed by atoms with Crippen LogP contribution in [0, 0.1) is 11.7 Å². The fourth-order valence-electron chi connectivity index (χ4n) is 3.90. The first kappa shape index (κ1) is 20.2. The maximum atomic E-state index is 13.7. The number of benzene rings is 1. The van der Waals surface area contributed by atoms with Gasteiger partial charge >= 0.3 is 0 Å². The molecule has 3 atom stereocenters. The van der Waals surface area contributed by atoms with E-state index in [0.29, 0.717) is 24.9 Å². The smallest absolute Gasteiger partial charge is 0.224 e. The predicted octanol–water partition coefficient (Wildman–Crippen LogP) is 0.737. The molecule has 2 saturated heterocycles. The van der Waals surface area contributed by atoms with Crippen molar-refractivity contribution in [3.8, 4) is 0 Å². The maximum Gasteiger partial charge on any atom is 0.224 e. The molecule has 3 rings (SSSR count). The van der Waals surface area contributed by atoms with Gasteiger partial charge in [0.05, 0.1) is 5.92 Å². The number of amides is 1. The zero-order chi connectivity index (χ0) is 19.6. The van der Waals surface area contributed by atoms with Gasteiger partial charge in [-0.05, 0) is 32.8 Å². The summed E-state index contributed by atoms with van der Waals surface area (Å²) in [5.41, 5.74) is 6.36. The van der Waals surface area contributed by atoms with Crippen LogP contribution in [0.15, 0.2) is 24.3 Å². The van der Waals surface area contributed by atoms with Gasteiger partial charge in [0.1, 0.15) is 11.1 Å². The molecule has 1 amide bonds. The first-order valence-corrected chi connectivity index (χ1v) is 10.8. The highest BCUT2D eigenvalue weighted by Crippen LogP contribution is 2.25. The molecule has 2 aliphatic heterocycles. The lowest BCUT2D eigenvalue weighted by molar-refractivity contribution is -0.126. The minimum Gasteiger partial charge on any atom is -0.352 e. The third-order valence-corrected chi connectivity index (χ3v) is 7.95. The summed E-state index contributed by atoms with van der Waals surface area (Å²) in [5, 5.41) is 2.17. The Bertz CT molecular complexity index is 779. The van der Waals surface area contributed by atoms with Gasteiger partial charge in [-0.1, -0.05) is 18.2 Å². The fourth-order valence-corrected chi connectivity index (χ4v) is 6.19. The number of nitrogens with zero attached hydrogens (tertiary/aromatic N) is 1. The van der Waals surface area contributed by atoms with E-state index in [-0.39, 0.29) is 36.9 Å². The Morgan fingerprint density at radius 3 is 2.59 bits per heavy atom. The Balaban J connectivity index is 1.63. The van der Waals surface area contributed by atoms with Crippen LogP contribution in [0.4, 0.5) is 4.39 Å². The lowest BCUT2D eigenvalue weighted by Crippen LogP contribution is -2.52. The van der Waals surface area contributed by atoms with Crippen molar-refractivity contribution in [1.29, 1.82) is 0 Å². The highest BCUT2D eigenvalue weighted by molar-refractivity contribution is 7.89. The molecule has 2 heterocycles. The van der Waals surface area contributed by atoms with Crippen LogP contribution in [-0.2, 0) is 21.4 Å². The molecule has 1 aromatic carbocycles. The zero-order valence-electron chi connectivity index (χ0n) is 15.6. The molecule has 0 aromatic heterocycles. The van der Waals surface area contributed by atoms with E-state index >= 15 is 0 Å². The van der Waals surface area contributed by atoms with Crippen LogP contribution in [0.25, 0.3) is 0 Å².